The summed E-state index contributed by atoms with van der Waals surface area (Å²) >= 11 is 0. The Morgan fingerprint density at radius 1 is 1.10 bits per heavy atom. The van der Waals surface area contributed by atoms with Gasteiger partial charge in [0, 0.05) is 37.9 Å². The first-order valence-corrected chi connectivity index (χ1v) is 11.5. The van der Waals surface area contributed by atoms with Crippen molar-refractivity contribution in [1.82, 2.24) is 15.5 Å². The van der Waals surface area contributed by atoms with E-state index in [2.05, 4.69) is 25.8 Å². The van der Waals surface area contributed by atoms with Crippen LogP contribution in [0.25, 0.3) is 0 Å². The first kappa shape index (κ1) is 22.4. The molecule has 2 fully saturated rings. The van der Waals surface area contributed by atoms with Gasteiger partial charge in [0.05, 0.1) is 0 Å². The average Bonchev–Trinajstić information content (AvgIpc) is 2.76. The van der Waals surface area contributed by atoms with Crippen LogP contribution in [0.4, 0.5) is 5.69 Å². The number of likely N-dealkylation sites (tertiary alicyclic amines) is 1. The highest BCUT2D eigenvalue weighted by Crippen LogP contribution is 2.25. The SMILES string of the molecule is CCNC(=NCC(=O)Nc1ccc(O)cc1)NC1CCN(CC2CCCCC2)CC1. The molecule has 1 saturated heterocycles. The van der Waals surface area contributed by atoms with Crippen LogP contribution < -0.4 is 16.0 Å². The number of hydrogen-bond acceptors (Lipinski definition) is 4. The standard InChI is InChI=1S/C23H37N5O2/c1-2-24-23(25-16-22(30)26-19-8-10-21(29)11-9-19)27-20-12-14-28(15-13-20)17-18-6-4-3-5-7-18/h8-11,18,20,29H,2-7,12-17H2,1H3,(H,26,30)(H2,24,25,27). The Bertz CT molecular complexity index is 677. The molecule has 2 aliphatic rings. The van der Waals surface area contributed by atoms with Gasteiger partial charge in [-0.15, -0.1) is 0 Å². The van der Waals surface area contributed by atoms with Gasteiger partial charge in [0.2, 0.25) is 5.91 Å². The number of benzene rings is 1. The maximum absolute atomic E-state index is 12.2. The number of carbonyl (C=O) groups is 1. The number of phenolic OH excluding ortho intramolecular Hbond substituents is 1. The Labute approximate surface area is 180 Å². The van der Waals surface area contributed by atoms with Crippen LogP contribution in [0, 0.1) is 5.92 Å². The molecule has 166 valence electrons. The van der Waals surface area contributed by atoms with Gasteiger partial charge in [0.1, 0.15) is 12.3 Å². The first-order chi connectivity index (χ1) is 14.6. The fraction of sp³-hybridized carbons (Fsp3) is 0.652. The molecule has 7 nitrogen and oxygen atoms in total. The molecule has 1 aromatic rings. The quantitative estimate of drug-likeness (QED) is 0.312. The van der Waals surface area contributed by atoms with Gasteiger partial charge in [0.15, 0.2) is 5.96 Å². The molecule has 30 heavy (non-hydrogen) atoms. The summed E-state index contributed by atoms with van der Waals surface area (Å²) in [6.45, 7) is 6.37. The summed E-state index contributed by atoms with van der Waals surface area (Å²) in [5.74, 6) is 1.59. The largest absolute Gasteiger partial charge is 0.508 e. The monoisotopic (exact) mass is 415 g/mol. The fourth-order valence-corrected chi connectivity index (χ4v) is 4.40. The maximum atomic E-state index is 12.2. The normalized spacial score (nSPS) is 19.4. The third-order valence-corrected chi connectivity index (χ3v) is 6.05. The van der Waals surface area contributed by atoms with Crippen LogP contribution in [0.3, 0.4) is 0 Å². The van der Waals surface area contributed by atoms with Crippen LogP contribution >= 0.6 is 0 Å². The molecule has 1 aromatic carbocycles. The second-order valence-electron chi connectivity index (χ2n) is 8.51. The van der Waals surface area contributed by atoms with E-state index in [1.54, 1.807) is 24.3 Å². The summed E-state index contributed by atoms with van der Waals surface area (Å²) in [5, 5.41) is 18.9. The topological polar surface area (TPSA) is 89.0 Å². The highest BCUT2D eigenvalue weighted by molar-refractivity contribution is 5.94. The van der Waals surface area contributed by atoms with Gasteiger partial charge >= 0.3 is 0 Å². The van der Waals surface area contributed by atoms with Gasteiger partial charge in [-0.05, 0) is 62.8 Å². The molecule has 0 radical (unpaired) electrons. The molecule has 0 unspecified atom stereocenters. The van der Waals surface area contributed by atoms with E-state index in [0.29, 0.717) is 17.7 Å². The Morgan fingerprint density at radius 3 is 2.47 bits per heavy atom. The number of aromatic hydroxyl groups is 1. The lowest BCUT2D eigenvalue weighted by Gasteiger charge is -2.36. The lowest BCUT2D eigenvalue weighted by atomic mass is 9.88. The zero-order valence-corrected chi connectivity index (χ0v) is 18.2. The molecule has 0 aromatic heterocycles. The molecule has 1 aliphatic carbocycles. The minimum Gasteiger partial charge on any atom is -0.508 e. The van der Waals surface area contributed by atoms with E-state index < -0.39 is 0 Å². The first-order valence-electron chi connectivity index (χ1n) is 11.5. The zero-order valence-electron chi connectivity index (χ0n) is 18.2. The number of hydrogen-bond donors (Lipinski definition) is 4. The molecule has 4 N–H and O–H groups in total. The molecule has 0 atom stereocenters. The lowest BCUT2D eigenvalue weighted by molar-refractivity contribution is -0.114. The molecule has 0 bridgehead atoms. The molecule has 0 spiro atoms. The van der Waals surface area contributed by atoms with Gasteiger partial charge in [-0.1, -0.05) is 19.3 Å². The van der Waals surface area contributed by atoms with E-state index in [9.17, 15) is 9.90 Å². The minimum atomic E-state index is -0.180. The second kappa shape index (κ2) is 11.8. The van der Waals surface area contributed by atoms with E-state index in [-0.39, 0.29) is 18.2 Å². The summed E-state index contributed by atoms with van der Waals surface area (Å²) in [6.07, 6.45) is 9.26. The van der Waals surface area contributed by atoms with Crippen LogP contribution in [0.2, 0.25) is 0 Å². The van der Waals surface area contributed by atoms with E-state index in [4.69, 9.17) is 0 Å². The molecule has 1 aliphatic heterocycles. The molecule has 1 saturated carbocycles. The van der Waals surface area contributed by atoms with Gasteiger partial charge in [-0.2, -0.15) is 0 Å². The summed E-state index contributed by atoms with van der Waals surface area (Å²) in [7, 11) is 0. The molecular weight excluding hydrogens is 378 g/mol. The van der Waals surface area contributed by atoms with E-state index in [0.717, 1.165) is 38.4 Å². The van der Waals surface area contributed by atoms with Crippen molar-refractivity contribution >= 4 is 17.6 Å². The predicted octanol–water partition coefficient (Wildman–Crippen LogP) is 2.93. The summed E-state index contributed by atoms with van der Waals surface area (Å²) in [4.78, 5) is 19.3. The number of phenols is 1. The minimum absolute atomic E-state index is 0.0523. The van der Waals surface area contributed by atoms with Crippen molar-refractivity contribution in [1.29, 1.82) is 0 Å². The predicted molar refractivity (Wildman–Crippen MR) is 122 cm³/mol. The van der Waals surface area contributed by atoms with Crippen molar-refractivity contribution in [3.63, 3.8) is 0 Å². The summed E-state index contributed by atoms with van der Waals surface area (Å²) in [5.41, 5.74) is 0.649. The molecule has 3 rings (SSSR count). The smallest absolute Gasteiger partial charge is 0.246 e. The van der Waals surface area contributed by atoms with Crippen LogP contribution in [0.15, 0.2) is 29.3 Å². The van der Waals surface area contributed by atoms with E-state index in [1.165, 1.54) is 38.6 Å². The molecule has 7 heteroatoms. The van der Waals surface area contributed by atoms with Crippen LogP contribution in [-0.4, -0.2) is 60.6 Å². The molecule has 1 heterocycles. The second-order valence-corrected chi connectivity index (χ2v) is 8.51. The number of amides is 1. The number of aliphatic imine (C=N–C) groups is 1. The number of carbonyl (C=O) groups excluding carboxylic acids is 1. The summed E-state index contributed by atoms with van der Waals surface area (Å²) in [6, 6.07) is 6.82. The van der Waals surface area contributed by atoms with Crippen LogP contribution in [0.5, 0.6) is 5.75 Å². The Hall–Kier alpha value is -2.28. The molecule has 1 amide bonds. The van der Waals surface area contributed by atoms with E-state index >= 15 is 0 Å². The van der Waals surface area contributed by atoms with Gasteiger partial charge in [0.25, 0.3) is 0 Å². The van der Waals surface area contributed by atoms with Gasteiger partial charge in [-0.3, -0.25) is 4.79 Å². The van der Waals surface area contributed by atoms with Crippen LogP contribution in [-0.2, 0) is 4.79 Å². The van der Waals surface area contributed by atoms with Crippen molar-refractivity contribution in [2.24, 2.45) is 10.9 Å². The molecular formula is C23H37N5O2. The van der Waals surface area contributed by atoms with Crippen molar-refractivity contribution in [2.75, 3.05) is 38.0 Å². The number of anilines is 1. The highest BCUT2D eigenvalue weighted by atomic mass is 16.3. The Morgan fingerprint density at radius 2 is 1.80 bits per heavy atom. The van der Waals surface area contributed by atoms with Crippen LogP contribution in [0.1, 0.15) is 51.9 Å². The van der Waals surface area contributed by atoms with E-state index in [1.807, 2.05) is 6.92 Å². The lowest BCUT2D eigenvalue weighted by Crippen LogP contribution is -2.49. The summed E-state index contributed by atoms with van der Waals surface area (Å²) < 4.78 is 0. The number of rotatable bonds is 7. The maximum Gasteiger partial charge on any atom is 0.246 e. The average molecular weight is 416 g/mol. The van der Waals surface area contributed by atoms with Gasteiger partial charge in [-0.25, -0.2) is 4.99 Å². The number of guanidine groups is 1. The Balaban J connectivity index is 1.42. The fourth-order valence-electron chi connectivity index (χ4n) is 4.40. The number of nitrogens with zero attached hydrogens (tertiary/aromatic N) is 2. The van der Waals surface area contributed by atoms with Crippen molar-refractivity contribution in [3.05, 3.63) is 24.3 Å². The highest BCUT2D eigenvalue weighted by Gasteiger charge is 2.23. The third kappa shape index (κ3) is 7.52. The van der Waals surface area contributed by atoms with Crippen molar-refractivity contribution < 1.29 is 9.90 Å². The van der Waals surface area contributed by atoms with Crippen molar-refractivity contribution in [2.45, 2.75) is 57.9 Å². The van der Waals surface area contributed by atoms with Gasteiger partial charge < -0.3 is 26.0 Å². The number of piperidine rings is 1. The number of nitrogens with one attached hydrogen (secondary N) is 3. The Kier molecular flexibility index (Phi) is 8.81. The van der Waals surface area contributed by atoms with Crippen molar-refractivity contribution in [3.8, 4) is 5.75 Å². The zero-order chi connectivity index (χ0) is 21.2. The third-order valence-electron chi connectivity index (χ3n) is 6.05.